The highest BCUT2D eigenvalue weighted by atomic mass is 16.7. The van der Waals surface area contributed by atoms with E-state index in [1.54, 1.807) is 6.92 Å². The van der Waals surface area contributed by atoms with E-state index in [1.807, 2.05) is 30.3 Å². The first-order chi connectivity index (χ1) is 7.68. The lowest BCUT2D eigenvalue weighted by molar-refractivity contribution is -0.183. The van der Waals surface area contributed by atoms with Crippen LogP contribution >= 0.6 is 0 Å². The van der Waals surface area contributed by atoms with Crippen LogP contribution in [-0.2, 0) is 21.0 Å². The Morgan fingerprint density at radius 3 is 2.56 bits per heavy atom. The summed E-state index contributed by atoms with van der Waals surface area (Å²) in [5.74, 6) is -1.17. The molecule has 0 radical (unpaired) electrons. The van der Waals surface area contributed by atoms with Gasteiger partial charge in [-0.2, -0.15) is 0 Å². The Morgan fingerprint density at radius 2 is 2.00 bits per heavy atom. The van der Waals surface area contributed by atoms with Gasteiger partial charge in [0.05, 0.1) is 6.54 Å². The third kappa shape index (κ3) is 2.12. The van der Waals surface area contributed by atoms with Gasteiger partial charge in [0.2, 0.25) is 5.78 Å². The van der Waals surface area contributed by atoms with Crippen LogP contribution < -0.4 is 0 Å². The number of amides is 1. The molecular weight excluding hydrogens is 206 g/mol. The number of carbonyl (C=O) groups is 2. The molecule has 1 amide bonds. The molecule has 1 aliphatic rings. The average Bonchev–Trinajstić information content (AvgIpc) is 2.56. The van der Waals surface area contributed by atoms with Crippen LogP contribution in [0.1, 0.15) is 12.5 Å². The number of carbonyl (C=O) groups excluding carboxylic acids is 2. The molecule has 1 atom stereocenters. The van der Waals surface area contributed by atoms with Gasteiger partial charge in [-0.15, -0.1) is 0 Å². The van der Waals surface area contributed by atoms with Gasteiger partial charge in [0, 0.05) is 5.92 Å². The van der Waals surface area contributed by atoms with Crippen molar-refractivity contribution in [1.82, 2.24) is 5.06 Å². The molecule has 0 N–H and O–H groups in total. The summed E-state index contributed by atoms with van der Waals surface area (Å²) in [6, 6.07) is 9.53. The molecule has 2 rings (SSSR count). The van der Waals surface area contributed by atoms with Crippen molar-refractivity contribution in [2.24, 2.45) is 5.92 Å². The van der Waals surface area contributed by atoms with E-state index >= 15 is 0 Å². The Labute approximate surface area is 93.8 Å². The minimum Gasteiger partial charge on any atom is -0.288 e. The standard InChI is InChI=1S/C12H13NO3/c1-9-7-13(12(15)11(9)14)16-8-10-5-3-2-4-6-10/h2-6,9H,7-8H2,1H3. The largest absolute Gasteiger partial charge is 0.313 e. The van der Waals surface area contributed by atoms with E-state index < -0.39 is 5.91 Å². The van der Waals surface area contributed by atoms with Crippen molar-refractivity contribution in [3.8, 4) is 0 Å². The fraction of sp³-hybridized carbons (Fsp3) is 0.333. The molecule has 1 fully saturated rings. The highest BCUT2D eigenvalue weighted by Crippen LogP contribution is 2.15. The average molecular weight is 219 g/mol. The molecule has 0 aliphatic carbocycles. The summed E-state index contributed by atoms with van der Waals surface area (Å²) >= 11 is 0. The Hall–Kier alpha value is -1.68. The maximum Gasteiger partial charge on any atom is 0.313 e. The lowest BCUT2D eigenvalue weighted by Crippen LogP contribution is -2.27. The topological polar surface area (TPSA) is 46.6 Å². The van der Waals surface area contributed by atoms with Gasteiger partial charge in [0.15, 0.2) is 0 Å². The summed E-state index contributed by atoms with van der Waals surface area (Å²) in [6.45, 7) is 2.39. The highest BCUT2D eigenvalue weighted by Gasteiger charge is 2.36. The van der Waals surface area contributed by atoms with Crippen LogP contribution in [0, 0.1) is 5.92 Å². The van der Waals surface area contributed by atoms with Gasteiger partial charge in [0.25, 0.3) is 0 Å². The Bertz CT molecular complexity index is 402. The van der Waals surface area contributed by atoms with Gasteiger partial charge in [0.1, 0.15) is 6.61 Å². The van der Waals surface area contributed by atoms with Crippen molar-refractivity contribution in [2.45, 2.75) is 13.5 Å². The van der Waals surface area contributed by atoms with E-state index in [2.05, 4.69) is 0 Å². The molecule has 1 unspecified atom stereocenters. The van der Waals surface area contributed by atoms with E-state index in [9.17, 15) is 9.59 Å². The van der Waals surface area contributed by atoms with E-state index in [1.165, 1.54) is 0 Å². The van der Waals surface area contributed by atoms with Crippen molar-refractivity contribution in [3.05, 3.63) is 35.9 Å². The first kappa shape index (κ1) is 10.8. The summed E-state index contributed by atoms with van der Waals surface area (Å²) in [7, 11) is 0. The van der Waals surface area contributed by atoms with Gasteiger partial charge in [-0.05, 0) is 5.56 Å². The number of nitrogens with zero attached hydrogens (tertiary/aromatic N) is 1. The zero-order chi connectivity index (χ0) is 11.5. The summed E-state index contributed by atoms with van der Waals surface area (Å²) in [4.78, 5) is 27.9. The second kappa shape index (κ2) is 4.45. The molecular formula is C12H13NO3. The summed E-state index contributed by atoms with van der Waals surface area (Å²) in [5.41, 5.74) is 0.974. The van der Waals surface area contributed by atoms with Crippen LogP contribution in [-0.4, -0.2) is 23.3 Å². The maximum absolute atomic E-state index is 11.4. The summed E-state index contributed by atoms with van der Waals surface area (Å²) < 4.78 is 0. The molecule has 0 bridgehead atoms. The second-order valence-corrected chi connectivity index (χ2v) is 3.89. The van der Waals surface area contributed by atoms with E-state index in [0.717, 1.165) is 10.6 Å². The fourth-order valence-electron chi connectivity index (χ4n) is 1.59. The predicted molar refractivity (Wildman–Crippen MR) is 57.1 cm³/mol. The minimum atomic E-state index is -0.538. The number of ketones is 1. The zero-order valence-corrected chi connectivity index (χ0v) is 9.05. The van der Waals surface area contributed by atoms with Crippen molar-refractivity contribution in [1.29, 1.82) is 0 Å². The van der Waals surface area contributed by atoms with Gasteiger partial charge in [-0.3, -0.25) is 14.4 Å². The van der Waals surface area contributed by atoms with Crippen LogP contribution in [0.3, 0.4) is 0 Å². The third-order valence-electron chi connectivity index (χ3n) is 2.55. The second-order valence-electron chi connectivity index (χ2n) is 3.89. The monoisotopic (exact) mass is 219 g/mol. The Morgan fingerprint density at radius 1 is 1.31 bits per heavy atom. The number of hydrogen-bond donors (Lipinski definition) is 0. The van der Waals surface area contributed by atoms with Crippen LogP contribution in [0.2, 0.25) is 0 Å². The number of rotatable bonds is 3. The number of Topliss-reactive ketones (excluding diaryl/α,β-unsaturated/α-hetero) is 1. The lowest BCUT2D eigenvalue weighted by atomic mass is 10.1. The molecule has 84 valence electrons. The number of hydrogen-bond acceptors (Lipinski definition) is 3. The Kier molecular flexibility index (Phi) is 3.01. The smallest absolute Gasteiger partial charge is 0.288 e. The van der Waals surface area contributed by atoms with Gasteiger partial charge >= 0.3 is 5.91 Å². The molecule has 1 aliphatic heterocycles. The normalized spacial score (nSPS) is 20.6. The Balaban J connectivity index is 1.93. The number of benzene rings is 1. The minimum absolute atomic E-state index is 0.261. The van der Waals surface area contributed by atoms with Gasteiger partial charge in [-0.25, -0.2) is 5.06 Å². The van der Waals surface area contributed by atoms with Crippen LogP contribution in [0.4, 0.5) is 0 Å². The fourth-order valence-corrected chi connectivity index (χ4v) is 1.59. The molecule has 1 heterocycles. The van der Waals surface area contributed by atoms with Crippen molar-refractivity contribution in [2.75, 3.05) is 6.54 Å². The predicted octanol–water partition coefficient (Wildman–Crippen LogP) is 1.17. The molecule has 16 heavy (non-hydrogen) atoms. The first-order valence-corrected chi connectivity index (χ1v) is 5.21. The van der Waals surface area contributed by atoms with Crippen LogP contribution in [0.25, 0.3) is 0 Å². The molecule has 0 spiro atoms. The molecule has 0 aromatic heterocycles. The lowest BCUT2D eigenvalue weighted by Gasteiger charge is -2.14. The highest BCUT2D eigenvalue weighted by molar-refractivity contribution is 6.38. The summed E-state index contributed by atoms with van der Waals surface area (Å²) in [6.07, 6.45) is 0. The molecule has 1 aromatic carbocycles. The number of hydroxylamine groups is 2. The van der Waals surface area contributed by atoms with Gasteiger partial charge < -0.3 is 0 Å². The van der Waals surface area contributed by atoms with Crippen molar-refractivity contribution in [3.63, 3.8) is 0 Å². The molecule has 0 saturated carbocycles. The van der Waals surface area contributed by atoms with E-state index in [0.29, 0.717) is 13.2 Å². The van der Waals surface area contributed by atoms with Crippen molar-refractivity contribution >= 4 is 11.7 Å². The van der Waals surface area contributed by atoms with Crippen LogP contribution in [0.15, 0.2) is 30.3 Å². The van der Waals surface area contributed by atoms with Crippen molar-refractivity contribution < 1.29 is 14.4 Å². The zero-order valence-electron chi connectivity index (χ0n) is 9.05. The molecule has 1 aromatic rings. The maximum atomic E-state index is 11.4. The molecule has 4 heteroatoms. The summed E-state index contributed by atoms with van der Waals surface area (Å²) in [5, 5.41) is 1.15. The third-order valence-corrected chi connectivity index (χ3v) is 2.55. The quantitative estimate of drug-likeness (QED) is 0.717. The van der Waals surface area contributed by atoms with E-state index in [4.69, 9.17) is 4.84 Å². The van der Waals surface area contributed by atoms with Crippen LogP contribution in [0.5, 0.6) is 0 Å². The molecule has 1 saturated heterocycles. The first-order valence-electron chi connectivity index (χ1n) is 5.21. The van der Waals surface area contributed by atoms with E-state index in [-0.39, 0.29) is 11.7 Å². The SMILES string of the molecule is CC1CN(OCc2ccccc2)C(=O)C1=O. The van der Waals surface area contributed by atoms with Gasteiger partial charge in [-0.1, -0.05) is 37.3 Å². The molecule has 4 nitrogen and oxygen atoms in total.